The summed E-state index contributed by atoms with van der Waals surface area (Å²) < 4.78 is 12.3. The summed E-state index contributed by atoms with van der Waals surface area (Å²) >= 11 is 2.80. The monoisotopic (exact) mass is 480 g/mol. The summed E-state index contributed by atoms with van der Waals surface area (Å²) in [6.45, 7) is 0. The van der Waals surface area contributed by atoms with Crippen LogP contribution in [0, 0.1) is 0 Å². The molecule has 2 N–H and O–H groups in total. The van der Waals surface area contributed by atoms with Crippen molar-refractivity contribution in [2.24, 2.45) is 5.10 Å². The number of amides is 1. The number of benzene rings is 1. The maximum Gasteiger partial charge on any atom is 0.253 e. The van der Waals surface area contributed by atoms with Crippen molar-refractivity contribution in [1.29, 1.82) is 0 Å². The summed E-state index contributed by atoms with van der Waals surface area (Å²) in [6.07, 6.45) is 2.20. The van der Waals surface area contributed by atoms with E-state index >= 15 is 0 Å². The van der Waals surface area contributed by atoms with Gasteiger partial charge in [-0.25, -0.2) is 9.69 Å². The van der Waals surface area contributed by atoms with E-state index in [4.69, 9.17) is 15.0 Å². The van der Waals surface area contributed by atoms with E-state index in [1.807, 2.05) is 53.9 Å². The van der Waals surface area contributed by atoms with E-state index in [1.54, 1.807) is 24.7 Å². The zero-order valence-electron chi connectivity index (χ0n) is 17.6. The molecule has 0 fully saturated rings. The lowest BCUT2D eigenvalue weighted by atomic mass is 10.1. The topological polar surface area (TPSA) is 112 Å². The van der Waals surface area contributed by atoms with Gasteiger partial charge >= 0.3 is 0 Å². The predicted molar refractivity (Wildman–Crippen MR) is 127 cm³/mol. The summed E-state index contributed by atoms with van der Waals surface area (Å²) in [5, 5.41) is 16.9. The van der Waals surface area contributed by atoms with Crippen molar-refractivity contribution >= 4 is 34.7 Å². The summed E-state index contributed by atoms with van der Waals surface area (Å²) in [5.74, 6) is 7.95. The van der Waals surface area contributed by atoms with Crippen LogP contribution < -0.4 is 10.6 Å². The average Bonchev–Trinajstić information content (AvgIpc) is 3.64. The molecular weight excluding hydrogens is 460 g/mol. The van der Waals surface area contributed by atoms with E-state index in [0.717, 1.165) is 16.2 Å². The van der Waals surface area contributed by atoms with Crippen LogP contribution in [0.15, 0.2) is 74.8 Å². The molecule has 0 saturated heterocycles. The van der Waals surface area contributed by atoms with Gasteiger partial charge in [0, 0.05) is 6.42 Å². The Kier molecular flexibility index (Phi) is 5.88. The van der Waals surface area contributed by atoms with Crippen molar-refractivity contribution in [2.45, 2.75) is 17.6 Å². The van der Waals surface area contributed by atoms with Gasteiger partial charge in [0.15, 0.2) is 5.82 Å². The molecule has 4 aromatic rings. The van der Waals surface area contributed by atoms with E-state index < -0.39 is 0 Å². The standard InChI is InChI=1S/C22H20N6O3S2/c1-30-17-7-3-2-6-14(17)21-24-25-22(27(21)23)33-13-20(29)28-16(18-8-4-10-31-18)12-15(26-28)19-9-5-11-32-19/h2-11,16H,12-13,23H2,1H3. The lowest BCUT2D eigenvalue weighted by Gasteiger charge is -2.19. The third-order valence-electron chi connectivity index (χ3n) is 5.18. The highest BCUT2D eigenvalue weighted by atomic mass is 32.2. The molecule has 33 heavy (non-hydrogen) atoms. The smallest absolute Gasteiger partial charge is 0.253 e. The van der Waals surface area contributed by atoms with E-state index in [2.05, 4.69) is 15.3 Å². The number of nitrogens with two attached hydrogens (primary N) is 1. The summed E-state index contributed by atoms with van der Waals surface area (Å²) in [6, 6.07) is 14.8. The van der Waals surface area contributed by atoms with Crippen LogP contribution in [0.25, 0.3) is 11.4 Å². The Morgan fingerprint density at radius 1 is 1.24 bits per heavy atom. The molecule has 168 valence electrons. The van der Waals surface area contributed by atoms with Crippen LogP contribution in [0.4, 0.5) is 0 Å². The second kappa shape index (κ2) is 9.12. The van der Waals surface area contributed by atoms with Gasteiger partial charge in [0.05, 0.1) is 35.3 Å². The summed E-state index contributed by atoms with van der Waals surface area (Å²) in [5.41, 5.74) is 1.58. The van der Waals surface area contributed by atoms with Crippen molar-refractivity contribution in [3.63, 3.8) is 0 Å². The van der Waals surface area contributed by atoms with Crippen molar-refractivity contribution in [3.05, 3.63) is 70.8 Å². The number of hydrogen-bond acceptors (Lipinski definition) is 9. The number of hydrogen-bond donors (Lipinski definition) is 1. The van der Waals surface area contributed by atoms with Crippen molar-refractivity contribution in [3.8, 4) is 17.1 Å². The molecule has 0 aliphatic carbocycles. The summed E-state index contributed by atoms with van der Waals surface area (Å²) in [7, 11) is 1.58. The highest BCUT2D eigenvalue weighted by Crippen LogP contribution is 2.35. The number of carbonyl (C=O) groups is 1. The first-order valence-corrected chi connectivity index (χ1v) is 12.0. The molecule has 3 aromatic heterocycles. The Morgan fingerprint density at radius 3 is 2.88 bits per heavy atom. The van der Waals surface area contributed by atoms with Crippen molar-refractivity contribution in [1.82, 2.24) is 19.9 Å². The van der Waals surface area contributed by atoms with Crippen LogP contribution in [0.2, 0.25) is 0 Å². The molecule has 1 aliphatic rings. The van der Waals surface area contributed by atoms with Gasteiger partial charge in [-0.3, -0.25) is 4.79 Å². The number of nitrogens with zero attached hydrogens (tertiary/aromatic N) is 5. The van der Waals surface area contributed by atoms with E-state index in [9.17, 15) is 4.79 Å². The Morgan fingerprint density at radius 2 is 2.12 bits per heavy atom. The third kappa shape index (κ3) is 4.12. The molecular formula is C22H20N6O3S2. The Bertz CT molecular complexity index is 1280. The van der Waals surface area contributed by atoms with Crippen molar-refractivity contribution in [2.75, 3.05) is 18.7 Å². The number of aromatic nitrogens is 3. The Hall–Kier alpha value is -3.57. The Balaban J connectivity index is 1.34. The molecule has 5 rings (SSSR count). The van der Waals surface area contributed by atoms with Crippen LogP contribution in [-0.4, -0.2) is 44.4 Å². The SMILES string of the molecule is COc1ccccc1-c1nnc(SCC(=O)N2N=C(c3cccs3)CC2c2ccco2)n1N. The first-order valence-electron chi connectivity index (χ1n) is 10.1. The molecule has 9 nitrogen and oxygen atoms in total. The number of ether oxygens (including phenoxy) is 1. The number of nitrogen functional groups attached to an aromatic ring is 1. The Labute approximate surface area is 197 Å². The molecule has 1 unspecified atom stereocenters. The molecule has 1 amide bonds. The molecule has 0 radical (unpaired) electrons. The van der Waals surface area contributed by atoms with E-state index in [0.29, 0.717) is 28.9 Å². The van der Waals surface area contributed by atoms with Crippen LogP contribution in [0.3, 0.4) is 0 Å². The van der Waals surface area contributed by atoms with Gasteiger partial charge in [-0.15, -0.1) is 21.5 Å². The van der Waals surface area contributed by atoms with Gasteiger partial charge in [0.1, 0.15) is 17.6 Å². The highest BCUT2D eigenvalue weighted by Gasteiger charge is 2.35. The van der Waals surface area contributed by atoms with E-state index in [1.165, 1.54) is 21.4 Å². The fourth-order valence-electron chi connectivity index (χ4n) is 3.62. The van der Waals surface area contributed by atoms with Crippen LogP contribution in [-0.2, 0) is 4.79 Å². The predicted octanol–water partition coefficient (Wildman–Crippen LogP) is 3.79. The number of furan rings is 1. The first-order chi connectivity index (χ1) is 16.2. The highest BCUT2D eigenvalue weighted by molar-refractivity contribution is 7.99. The van der Waals surface area contributed by atoms with E-state index in [-0.39, 0.29) is 17.7 Å². The molecule has 11 heteroatoms. The van der Waals surface area contributed by atoms with Crippen LogP contribution in [0.1, 0.15) is 23.1 Å². The lowest BCUT2D eigenvalue weighted by Crippen LogP contribution is -2.28. The zero-order valence-corrected chi connectivity index (χ0v) is 19.3. The fraction of sp³-hybridized carbons (Fsp3) is 0.182. The number of methoxy groups -OCH3 is 1. The maximum absolute atomic E-state index is 13.2. The van der Waals surface area contributed by atoms with Gasteiger partial charge in [-0.05, 0) is 35.7 Å². The molecule has 1 aromatic carbocycles. The minimum absolute atomic E-state index is 0.0969. The largest absolute Gasteiger partial charge is 0.496 e. The van der Waals surface area contributed by atoms with Gasteiger partial charge in [-0.1, -0.05) is 30.0 Å². The van der Waals surface area contributed by atoms with Gasteiger partial charge in [0.25, 0.3) is 5.91 Å². The molecule has 1 aliphatic heterocycles. The van der Waals surface area contributed by atoms with Gasteiger partial charge in [0.2, 0.25) is 5.16 Å². The van der Waals surface area contributed by atoms with Crippen LogP contribution in [0.5, 0.6) is 5.75 Å². The average molecular weight is 481 g/mol. The van der Waals surface area contributed by atoms with Gasteiger partial charge in [-0.2, -0.15) is 5.10 Å². The molecule has 0 bridgehead atoms. The van der Waals surface area contributed by atoms with Gasteiger partial charge < -0.3 is 15.0 Å². The maximum atomic E-state index is 13.2. The zero-order chi connectivity index (χ0) is 22.8. The number of hydrazone groups is 1. The molecule has 4 heterocycles. The number of carbonyl (C=O) groups excluding carboxylic acids is 1. The summed E-state index contributed by atoms with van der Waals surface area (Å²) in [4.78, 5) is 14.2. The minimum atomic E-state index is -0.287. The normalized spacial score (nSPS) is 15.6. The third-order valence-corrected chi connectivity index (χ3v) is 7.03. The number of rotatable bonds is 7. The minimum Gasteiger partial charge on any atom is -0.496 e. The quantitative estimate of drug-likeness (QED) is 0.316. The number of thiophene rings is 1. The number of thioether (sulfide) groups is 1. The lowest BCUT2D eigenvalue weighted by molar-refractivity contribution is -0.130. The molecule has 1 atom stereocenters. The molecule has 0 spiro atoms. The molecule has 0 saturated carbocycles. The van der Waals surface area contributed by atoms with Crippen molar-refractivity contribution < 1.29 is 13.9 Å². The number of para-hydroxylation sites is 1. The fourth-order valence-corrected chi connectivity index (χ4v) is 5.05. The first kappa shape index (κ1) is 21.3. The second-order valence-corrected chi connectivity index (χ2v) is 9.05. The second-order valence-electron chi connectivity index (χ2n) is 7.16. The van der Waals surface area contributed by atoms with Crippen LogP contribution >= 0.6 is 23.1 Å².